The van der Waals surface area contributed by atoms with Crippen molar-refractivity contribution in [2.75, 3.05) is 24.9 Å². The van der Waals surface area contributed by atoms with Gasteiger partial charge in [0, 0.05) is 17.7 Å². The van der Waals surface area contributed by atoms with Gasteiger partial charge in [0.2, 0.25) is 5.91 Å². The molecule has 0 aromatic heterocycles. The van der Waals surface area contributed by atoms with E-state index < -0.39 is 5.66 Å². The molecule has 2 atom stereocenters. The number of aryl methyl sites for hydroxylation is 1. The van der Waals surface area contributed by atoms with Gasteiger partial charge < -0.3 is 25.4 Å². The van der Waals surface area contributed by atoms with E-state index in [2.05, 4.69) is 47.1 Å². The highest BCUT2D eigenvalue weighted by Crippen LogP contribution is 2.51. The van der Waals surface area contributed by atoms with E-state index >= 15 is 0 Å². The molecule has 0 radical (unpaired) electrons. The average molecular weight is 492 g/mol. The molecule has 0 bridgehead atoms. The van der Waals surface area contributed by atoms with Crippen LogP contribution in [0, 0.1) is 18.8 Å². The monoisotopic (exact) mass is 491 g/mol. The lowest BCUT2D eigenvalue weighted by Crippen LogP contribution is -2.57. The number of ether oxygens (including phenoxy) is 2. The summed E-state index contributed by atoms with van der Waals surface area (Å²) in [5.41, 5.74) is 3.34. The third-order valence-electron chi connectivity index (χ3n) is 8.49. The standard InChI is InChI=1S/C30H41N3O3/c1-20-14-17-25-26(18-20)33-30(32-25,24-16-15-23(35-2)19-27(24)36-3)28(21-10-6-4-7-11-21)29(34)31-22-12-8-5-9-13-22/h14-19,21-22,28,32-33H,4-13H2,1-3H3,(H,31,34). The Kier molecular flexibility index (Phi) is 7.31. The van der Waals surface area contributed by atoms with E-state index in [1.807, 2.05) is 12.1 Å². The fourth-order valence-electron chi connectivity index (χ4n) is 6.68. The zero-order valence-electron chi connectivity index (χ0n) is 22.0. The van der Waals surface area contributed by atoms with Crippen molar-refractivity contribution in [2.45, 2.75) is 82.8 Å². The molecule has 2 aromatic rings. The Morgan fingerprint density at radius 1 is 0.889 bits per heavy atom. The van der Waals surface area contributed by atoms with Crippen LogP contribution in [0.25, 0.3) is 0 Å². The maximum Gasteiger partial charge on any atom is 0.228 e. The number of amides is 1. The lowest BCUT2D eigenvalue weighted by Gasteiger charge is -2.44. The van der Waals surface area contributed by atoms with Crippen LogP contribution < -0.4 is 25.4 Å². The van der Waals surface area contributed by atoms with Gasteiger partial charge >= 0.3 is 0 Å². The molecular weight excluding hydrogens is 450 g/mol. The molecule has 6 nitrogen and oxygen atoms in total. The van der Waals surface area contributed by atoms with Gasteiger partial charge in [-0.15, -0.1) is 0 Å². The number of anilines is 2. The Labute approximate surface area is 215 Å². The molecule has 6 heteroatoms. The molecule has 1 amide bonds. The number of rotatable bonds is 7. The number of nitrogens with one attached hydrogen (secondary N) is 3. The van der Waals surface area contributed by atoms with Gasteiger partial charge in [-0.05, 0) is 68.4 Å². The van der Waals surface area contributed by atoms with Gasteiger partial charge in [-0.1, -0.05) is 44.6 Å². The molecule has 3 aliphatic rings. The maximum absolute atomic E-state index is 14.4. The number of carbonyl (C=O) groups excluding carboxylic acids is 1. The molecule has 2 unspecified atom stereocenters. The Morgan fingerprint density at radius 2 is 1.58 bits per heavy atom. The van der Waals surface area contributed by atoms with E-state index in [9.17, 15) is 4.79 Å². The quantitative estimate of drug-likeness (QED) is 0.421. The lowest BCUT2D eigenvalue weighted by atomic mass is 9.70. The Morgan fingerprint density at radius 3 is 2.28 bits per heavy atom. The molecule has 0 saturated heterocycles. The highest BCUT2D eigenvalue weighted by molar-refractivity contribution is 5.87. The summed E-state index contributed by atoms with van der Waals surface area (Å²) in [5.74, 6) is 1.57. The second-order valence-corrected chi connectivity index (χ2v) is 10.9. The van der Waals surface area contributed by atoms with Crippen LogP contribution >= 0.6 is 0 Å². The van der Waals surface area contributed by atoms with Crippen molar-refractivity contribution in [3.05, 3.63) is 47.5 Å². The SMILES string of the molecule is COc1ccc(C2(C(C(=O)NC3CCCCC3)C3CCCCC3)Nc3ccc(C)cc3N2)c(OC)c1. The molecule has 3 N–H and O–H groups in total. The largest absolute Gasteiger partial charge is 0.497 e. The fraction of sp³-hybridized carbons (Fsp3) is 0.567. The summed E-state index contributed by atoms with van der Waals surface area (Å²) in [5, 5.41) is 11.2. The average Bonchev–Trinajstić information content (AvgIpc) is 3.28. The summed E-state index contributed by atoms with van der Waals surface area (Å²) >= 11 is 0. The maximum atomic E-state index is 14.4. The fourth-order valence-corrected chi connectivity index (χ4v) is 6.68. The zero-order chi connectivity index (χ0) is 25.1. The Bertz CT molecular complexity index is 1080. The molecular formula is C30H41N3O3. The van der Waals surface area contributed by atoms with Crippen molar-refractivity contribution in [2.24, 2.45) is 11.8 Å². The molecule has 2 saturated carbocycles. The minimum atomic E-state index is -0.825. The smallest absolute Gasteiger partial charge is 0.228 e. The lowest BCUT2D eigenvalue weighted by molar-refractivity contribution is -0.130. The van der Waals surface area contributed by atoms with Crippen LogP contribution in [0.15, 0.2) is 36.4 Å². The third kappa shape index (κ3) is 4.74. The van der Waals surface area contributed by atoms with Crippen molar-refractivity contribution >= 4 is 17.3 Å². The topological polar surface area (TPSA) is 71.6 Å². The Balaban J connectivity index is 1.62. The van der Waals surface area contributed by atoms with Crippen LogP contribution in [-0.4, -0.2) is 26.2 Å². The van der Waals surface area contributed by atoms with Gasteiger partial charge in [-0.3, -0.25) is 4.79 Å². The van der Waals surface area contributed by atoms with E-state index in [1.165, 1.54) is 44.1 Å². The van der Waals surface area contributed by atoms with Crippen LogP contribution in [0.3, 0.4) is 0 Å². The van der Waals surface area contributed by atoms with Crippen LogP contribution in [0.1, 0.15) is 75.3 Å². The normalized spacial score (nSPS) is 23.2. The van der Waals surface area contributed by atoms with Gasteiger partial charge in [0.15, 0.2) is 5.66 Å². The Hall–Kier alpha value is -2.89. The predicted molar refractivity (Wildman–Crippen MR) is 145 cm³/mol. The van der Waals surface area contributed by atoms with Crippen LogP contribution in [0.4, 0.5) is 11.4 Å². The first kappa shape index (κ1) is 24.8. The first-order valence-corrected chi connectivity index (χ1v) is 13.7. The molecule has 36 heavy (non-hydrogen) atoms. The van der Waals surface area contributed by atoms with Crippen molar-refractivity contribution in [1.82, 2.24) is 5.32 Å². The summed E-state index contributed by atoms with van der Waals surface area (Å²) in [7, 11) is 3.35. The predicted octanol–water partition coefficient (Wildman–Crippen LogP) is 6.35. The number of fused-ring (bicyclic) bond motifs is 1. The molecule has 2 fully saturated rings. The highest BCUT2D eigenvalue weighted by Gasteiger charge is 2.53. The molecule has 1 heterocycles. The van der Waals surface area contributed by atoms with Crippen molar-refractivity contribution < 1.29 is 14.3 Å². The summed E-state index contributed by atoms with van der Waals surface area (Å²) < 4.78 is 11.4. The number of methoxy groups -OCH3 is 2. The van der Waals surface area contributed by atoms with Crippen molar-refractivity contribution in [1.29, 1.82) is 0 Å². The van der Waals surface area contributed by atoms with Gasteiger partial charge in [0.1, 0.15) is 11.5 Å². The second-order valence-electron chi connectivity index (χ2n) is 10.9. The van der Waals surface area contributed by atoms with E-state index in [-0.39, 0.29) is 23.8 Å². The first-order valence-electron chi connectivity index (χ1n) is 13.7. The van der Waals surface area contributed by atoms with Gasteiger partial charge in [-0.25, -0.2) is 0 Å². The highest BCUT2D eigenvalue weighted by atomic mass is 16.5. The molecule has 2 aromatic carbocycles. The summed E-state index contributed by atoms with van der Waals surface area (Å²) in [6.07, 6.45) is 11.5. The number of benzene rings is 2. The van der Waals surface area contributed by atoms with E-state index in [0.29, 0.717) is 5.75 Å². The zero-order valence-corrected chi connectivity index (χ0v) is 22.0. The summed E-state index contributed by atoms with van der Waals surface area (Å²) in [6, 6.07) is 12.6. The number of hydrogen-bond donors (Lipinski definition) is 3. The summed E-state index contributed by atoms with van der Waals surface area (Å²) in [6.45, 7) is 2.10. The van der Waals surface area contributed by atoms with E-state index in [1.54, 1.807) is 14.2 Å². The molecule has 194 valence electrons. The molecule has 0 spiro atoms. The van der Waals surface area contributed by atoms with Crippen LogP contribution in [0.5, 0.6) is 11.5 Å². The first-order chi connectivity index (χ1) is 17.5. The van der Waals surface area contributed by atoms with Gasteiger partial charge in [-0.2, -0.15) is 0 Å². The third-order valence-corrected chi connectivity index (χ3v) is 8.49. The van der Waals surface area contributed by atoms with Crippen LogP contribution in [0.2, 0.25) is 0 Å². The van der Waals surface area contributed by atoms with Gasteiger partial charge in [0.05, 0.1) is 31.5 Å². The molecule has 5 rings (SSSR count). The van der Waals surface area contributed by atoms with Crippen LogP contribution in [-0.2, 0) is 10.5 Å². The van der Waals surface area contributed by atoms with E-state index in [4.69, 9.17) is 9.47 Å². The van der Waals surface area contributed by atoms with Crippen molar-refractivity contribution in [3.63, 3.8) is 0 Å². The van der Waals surface area contributed by atoms with Gasteiger partial charge in [0.25, 0.3) is 0 Å². The minimum absolute atomic E-state index is 0.149. The summed E-state index contributed by atoms with van der Waals surface area (Å²) in [4.78, 5) is 14.4. The number of carbonyl (C=O) groups is 1. The second kappa shape index (κ2) is 10.6. The van der Waals surface area contributed by atoms with Crippen molar-refractivity contribution in [3.8, 4) is 11.5 Å². The van der Waals surface area contributed by atoms with E-state index in [0.717, 1.165) is 48.4 Å². The minimum Gasteiger partial charge on any atom is -0.497 e. The number of hydrogen-bond acceptors (Lipinski definition) is 5. The molecule has 1 aliphatic heterocycles. The molecule has 2 aliphatic carbocycles.